The molecule has 6 rings (SSSR count). The second-order valence-electron chi connectivity index (χ2n) is 7.44. The number of nitrogens with one attached hydrogen (secondary N) is 1. The third-order valence-electron chi connectivity index (χ3n) is 5.65. The second-order valence-corrected chi connectivity index (χ2v) is 8.47. The predicted molar refractivity (Wildman–Crippen MR) is 123 cm³/mol. The van der Waals surface area contributed by atoms with Crippen molar-refractivity contribution in [3.63, 3.8) is 0 Å². The zero-order valence-electron chi connectivity index (χ0n) is 16.0. The summed E-state index contributed by atoms with van der Waals surface area (Å²) in [4.78, 5) is 8.30. The molecule has 3 aromatic carbocycles. The number of aryl methyl sites for hydroxylation is 1. The maximum absolute atomic E-state index is 4.85. The van der Waals surface area contributed by atoms with Crippen LogP contribution in [0.3, 0.4) is 0 Å². The fourth-order valence-corrected chi connectivity index (χ4v) is 5.42. The number of hydrogen-bond donors (Lipinski definition) is 1. The van der Waals surface area contributed by atoms with Gasteiger partial charge in [-0.1, -0.05) is 42.5 Å². The largest absolute Gasteiger partial charge is 0.359 e. The van der Waals surface area contributed by atoms with Crippen molar-refractivity contribution in [3.8, 4) is 0 Å². The summed E-state index contributed by atoms with van der Waals surface area (Å²) < 4.78 is 1.30. The van der Waals surface area contributed by atoms with Gasteiger partial charge in [-0.2, -0.15) is 0 Å². The van der Waals surface area contributed by atoms with Crippen molar-refractivity contribution in [3.05, 3.63) is 96.2 Å². The average Bonchev–Trinajstić information content (AvgIpc) is 3.33. The summed E-state index contributed by atoms with van der Waals surface area (Å²) in [5.74, 6) is 0. The van der Waals surface area contributed by atoms with Crippen molar-refractivity contribution >= 4 is 48.7 Å². The van der Waals surface area contributed by atoms with Crippen LogP contribution in [0.2, 0.25) is 0 Å². The lowest BCUT2D eigenvalue weighted by Gasteiger charge is -2.27. The third kappa shape index (κ3) is 2.53. The first kappa shape index (κ1) is 16.6. The van der Waals surface area contributed by atoms with E-state index in [4.69, 9.17) is 4.98 Å². The quantitative estimate of drug-likeness (QED) is 0.349. The van der Waals surface area contributed by atoms with E-state index in [-0.39, 0.29) is 6.17 Å². The van der Waals surface area contributed by atoms with Crippen LogP contribution in [0.5, 0.6) is 0 Å². The van der Waals surface area contributed by atoms with E-state index >= 15 is 0 Å². The fraction of sp³-hybridized carbons (Fsp3) is 0.0800. The molecule has 29 heavy (non-hydrogen) atoms. The lowest BCUT2D eigenvalue weighted by atomic mass is 10.1. The Morgan fingerprint density at radius 3 is 2.66 bits per heavy atom. The SMILES string of the molecule is Cc1cccc2sc3ncc(C4Nc5ccccc5N4c4ccccc4)cc3c12. The summed E-state index contributed by atoms with van der Waals surface area (Å²) in [6.07, 6.45) is 2.03. The molecule has 3 heterocycles. The van der Waals surface area contributed by atoms with E-state index in [1.165, 1.54) is 38.0 Å². The first-order valence-electron chi connectivity index (χ1n) is 9.77. The van der Waals surface area contributed by atoms with Crippen LogP contribution in [0.4, 0.5) is 17.1 Å². The van der Waals surface area contributed by atoms with Gasteiger partial charge in [0, 0.05) is 32.9 Å². The molecular formula is C25H19N3S. The Balaban J connectivity index is 1.55. The van der Waals surface area contributed by atoms with E-state index in [1.54, 1.807) is 11.3 Å². The Labute approximate surface area is 173 Å². The Morgan fingerprint density at radius 2 is 1.76 bits per heavy atom. The van der Waals surface area contributed by atoms with E-state index in [9.17, 15) is 0 Å². The first-order valence-corrected chi connectivity index (χ1v) is 10.6. The standard InChI is InChI=1S/C25H19N3S/c1-16-8-7-13-22-23(16)19-14-17(15-26-25(19)29-22)24-27-20-11-5-6-12-21(20)28(24)18-9-3-2-4-10-18/h2-15,24,27H,1H3. The number of rotatable bonds is 2. The highest BCUT2D eigenvalue weighted by Gasteiger charge is 2.31. The molecule has 2 aromatic heterocycles. The molecule has 0 spiro atoms. The monoisotopic (exact) mass is 393 g/mol. The van der Waals surface area contributed by atoms with Crippen molar-refractivity contribution in [1.29, 1.82) is 0 Å². The highest BCUT2D eigenvalue weighted by atomic mass is 32.1. The van der Waals surface area contributed by atoms with Crippen LogP contribution in [0.25, 0.3) is 20.3 Å². The molecule has 140 valence electrons. The number of hydrogen-bond acceptors (Lipinski definition) is 4. The van der Waals surface area contributed by atoms with Gasteiger partial charge in [0.25, 0.3) is 0 Å². The Hall–Kier alpha value is -3.37. The zero-order chi connectivity index (χ0) is 19.4. The van der Waals surface area contributed by atoms with Crippen LogP contribution in [-0.2, 0) is 0 Å². The van der Waals surface area contributed by atoms with Crippen LogP contribution < -0.4 is 10.2 Å². The van der Waals surface area contributed by atoms with E-state index in [2.05, 4.69) is 96.0 Å². The van der Waals surface area contributed by atoms with Crippen molar-refractivity contribution in [2.75, 3.05) is 10.2 Å². The van der Waals surface area contributed by atoms with Crippen LogP contribution in [-0.4, -0.2) is 4.98 Å². The van der Waals surface area contributed by atoms with Crippen LogP contribution >= 0.6 is 11.3 Å². The molecular weight excluding hydrogens is 374 g/mol. The first-order chi connectivity index (χ1) is 14.3. The fourth-order valence-electron chi connectivity index (χ4n) is 4.32. The van der Waals surface area contributed by atoms with E-state index < -0.39 is 0 Å². The average molecular weight is 394 g/mol. The molecule has 1 aliphatic heterocycles. The van der Waals surface area contributed by atoms with Gasteiger partial charge in [0.2, 0.25) is 0 Å². The maximum Gasteiger partial charge on any atom is 0.132 e. The minimum absolute atomic E-state index is 0.00525. The molecule has 3 nitrogen and oxygen atoms in total. The van der Waals surface area contributed by atoms with Crippen LogP contribution in [0.15, 0.2) is 85.1 Å². The molecule has 0 saturated carbocycles. The number of thiophene rings is 1. The van der Waals surface area contributed by atoms with Gasteiger partial charge in [-0.3, -0.25) is 0 Å². The molecule has 1 aliphatic rings. The lowest BCUT2D eigenvalue weighted by Crippen LogP contribution is -2.23. The molecule has 0 aliphatic carbocycles. The van der Waals surface area contributed by atoms with Crippen LogP contribution in [0, 0.1) is 6.92 Å². The Kier molecular flexibility index (Phi) is 3.61. The summed E-state index contributed by atoms with van der Waals surface area (Å²) in [7, 11) is 0. The van der Waals surface area contributed by atoms with E-state index in [1.807, 2.05) is 6.20 Å². The molecule has 0 fully saturated rings. The number of pyridine rings is 1. The minimum Gasteiger partial charge on any atom is -0.359 e. The van der Waals surface area contributed by atoms with Gasteiger partial charge in [-0.15, -0.1) is 11.3 Å². The van der Waals surface area contributed by atoms with Gasteiger partial charge in [-0.05, 0) is 48.9 Å². The predicted octanol–water partition coefficient (Wildman–Crippen LogP) is 7.02. The number of aromatic nitrogens is 1. The summed E-state index contributed by atoms with van der Waals surface area (Å²) in [5, 5.41) is 6.27. The number of fused-ring (bicyclic) bond motifs is 4. The van der Waals surface area contributed by atoms with Gasteiger partial charge in [-0.25, -0.2) is 4.98 Å². The Morgan fingerprint density at radius 1 is 0.931 bits per heavy atom. The summed E-state index contributed by atoms with van der Waals surface area (Å²) in [6.45, 7) is 2.18. The number of nitrogens with zero attached hydrogens (tertiary/aromatic N) is 2. The van der Waals surface area contributed by atoms with Crippen LogP contribution in [0.1, 0.15) is 17.3 Å². The summed E-state index contributed by atoms with van der Waals surface area (Å²) >= 11 is 1.77. The van der Waals surface area contributed by atoms with Crippen molar-refractivity contribution in [2.45, 2.75) is 13.1 Å². The highest BCUT2D eigenvalue weighted by molar-refractivity contribution is 7.25. The van der Waals surface area contributed by atoms with Gasteiger partial charge in [0.15, 0.2) is 0 Å². The number of para-hydroxylation sites is 3. The third-order valence-corrected chi connectivity index (χ3v) is 6.73. The smallest absolute Gasteiger partial charge is 0.132 e. The molecule has 0 radical (unpaired) electrons. The molecule has 0 amide bonds. The second kappa shape index (κ2) is 6.33. The molecule has 0 bridgehead atoms. The number of benzene rings is 3. The van der Waals surface area contributed by atoms with E-state index in [0.29, 0.717) is 0 Å². The van der Waals surface area contributed by atoms with Gasteiger partial charge >= 0.3 is 0 Å². The highest BCUT2D eigenvalue weighted by Crippen LogP contribution is 2.46. The maximum atomic E-state index is 4.85. The summed E-state index contributed by atoms with van der Waals surface area (Å²) in [5.41, 5.74) is 5.97. The van der Waals surface area contributed by atoms with Crippen molar-refractivity contribution in [2.24, 2.45) is 0 Å². The van der Waals surface area contributed by atoms with Gasteiger partial charge < -0.3 is 10.2 Å². The number of anilines is 3. The minimum atomic E-state index is 0.00525. The molecule has 5 aromatic rings. The molecule has 1 unspecified atom stereocenters. The lowest BCUT2D eigenvalue weighted by molar-refractivity contribution is 0.825. The van der Waals surface area contributed by atoms with E-state index in [0.717, 1.165) is 10.5 Å². The van der Waals surface area contributed by atoms with Gasteiger partial charge in [0.1, 0.15) is 11.0 Å². The van der Waals surface area contributed by atoms with Gasteiger partial charge in [0.05, 0.1) is 11.4 Å². The molecule has 4 heteroatoms. The normalized spacial score (nSPS) is 15.6. The molecule has 1 atom stereocenters. The van der Waals surface area contributed by atoms with Crippen molar-refractivity contribution < 1.29 is 0 Å². The zero-order valence-corrected chi connectivity index (χ0v) is 16.8. The topological polar surface area (TPSA) is 28.2 Å². The molecule has 0 saturated heterocycles. The molecule has 1 N–H and O–H groups in total. The summed E-state index contributed by atoms with van der Waals surface area (Å²) in [6, 6.07) is 27.8. The Bertz CT molecular complexity index is 1360. The van der Waals surface area contributed by atoms with Crippen molar-refractivity contribution in [1.82, 2.24) is 4.98 Å².